The first-order valence-electron chi connectivity index (χ1n) is 7.43. The molecule has 1 aromatic carbocycles. The number of rotatable bonds is 8. The summed E-state index contributed by atoms with van der Waals surface area (Å²) >= 11 is 0. The molecule has 0 radical (unpaired) electrons. The van der Waals surface area contributed by atoms with Crippen LogP contribution >= 0.6 is 0 Å². The second-order valence-electron chi connectivity index (χ2n) is 4.71. The van der Waals surface area contributed by atoms with Gasteiger partial charge >= 0.3 is 5.97 Å². The molecule has 0 aliphatic carbocycles. The van der Waals surface area contributed by atoms with Crippen LogP contribution in [0.25, 0.3) is 0 Å². The third-order valence-corrected chi connectivity index (χ3v) is 2.73. The lowest BCUT2D eigenvalue weighted by Crippen LogP contribution is -2.41. The number of carboxylic acids is 1. The Bertz CT molecular complexity index is 654. The summed E-state index contributed by atoms with van der Waals surface area (Å²) in [5.74, 6) is -2.34. The van der Waals surface area contributed by atoms with E-state index in [-0.39, 0.29) is 18.7 Å². The molecule has 25 heavy (non-hydrogen) atoms. The molecule has 0 spiro atoms. The van der Waals surface area contributed by atoms with Crippen molar-refractivity contribution in [2.24, 2.45) is 0 Å². The van der Waals surface area contributed by atoms with Gasteiger partial charge < -0.3 is 15.2 Å². The molecule has 0 saturated heterocycles. The lowest BCUT2D eigenvalue weighted by molar-refractivity contribution is -0.131. The smallest absolute Gasteiger partial charge is 0.328 e. The first kappa shape index (κ1) is 19.7. The van der Waals surface area contributed by atoms with Gasteiger partial charge in [0.15, 0.2) is 0 Å². The number of anilines is 1. The zero-order chi connectivity index (χ0) is 18.7. The van der Waals surface area contributed by atoms with Gasteiger partial charge in [-0.05, 0) is 31.2 Å². The molecular weight excluding hydrogens is 330 g/mol. The summed E-state index contributed by atoms with van der Waals surface area (Å²) in [5.41, 5.74) is 4.63. The zero-order valence-corrected chi connectivity index (χ0v) is 13.6. The molecule has 0 saturated carbocycles. The van der Waals surface area contributed by atoms with Gasteiger partial charge in [0.25, 0.3) is 5.91 Å². The van der Waals surface area contributed by atoms with Gasteiger partial charge in [0.05, 0.1) is 6.61 Å². The number of hydrogen-bond acceptors (Lipinski definition) is 5. The van der Waals surface area contributed by atoms with Crippen LogP contribution in [0, 0.1) is 0 Å². The fourth-order valence-corrected chi connectivity index (χ4v) is 1.63. The topological polar surface area (TPSA) is 134 Å². The lowest BCUT2D eigenvalue weighted by Gasteiger charge is -2.08. The standard InChI is InChI=1S/C16H19N3O6/c1-2-25-12-5-3-11(4-6-12)17-13(20)7-8-14(21)18-19-15(22)9-10-16(23)24/h3-6,9-10H,2,7-8H2,1H3,(H,17,20)(H,18,21)(H,19,22)(H,23,24). The van der Waals surface area contributed by atoms with E-state index in [9.17, 15) is 19.2 Å². The van der Waals surface area contributed by atoms with E-state index in [1.807, 2.05) is 12.3 Å². The molecule has 0 aliphatic heterocycles. The highest BCUT2D eigenvalue weighted by atomic mass is 16.5. The molecule has 9 heteroatoms. The van der Waals surface area contributed by atoms with Crippen LogP contribution < -0.4 is 20.9 Å². The Hall–Kier alpha value is -3.36. The van der Waals surface area contributed by atoms with Crippen molar-refractivity contribution in [1.82, 2.24) is 10.9 Å². The molecule has 4 N–H and O–H groups in total. The highest BCUT2D eigenvalue weighted by Gasteiger charge is 2.08. The van der Waals surface area contributed by atoms with Crippen LogP contribution in [-0.2, 0) is 19.2 Å². The minimum atomic E-state index is -1.28. The molecule has 0 unspecified atom stereocenters. The maximum atomic E-state index is 11.8. The Balaban J connectivity index is 2.29. The van der Waals surface area contributed by atoms with Crippen LogP contribution in [0.15, 0.2) is 36.4 Å². The molecule has 1 aromatic rings. The highest BCUT2D eigenvalue weighted by molar-refractivity contribution is 5.96. The second-order valence-corrected chi connectivity index (χ2v) is 4.71. The first-order valence-corrected chi connectivity index (χ1v) is 7.43. The summed E-state index contributed by atoms with van der Waals surface area (Å²) in [6.45, 7) is 2.41. The Morgan fingerprint density at radius 2 is 1.64 bits per heavy atom. The quantitative estimate of drug-likeness (QED) is 0.401. The number of aliphatic carboxylic acids is 1. The van der Waals surface area contributed by atoms with Gasteiger partial charge in [-0.1, -0.05) is 0 Å². The summed E-state index contributed by atoms with van der Waals surface area (Å²) in [6, 6.07) is 6.79. The number of carbonyl (C=O) groups is 4. The number of ether oxygens (including phenoxy) is 1. The predicted octanol–water partition coefficient (Wildman–Crippen LogP) is 0.592. The van der Waals surface area contributed by atoms with Crippen molar-refractivity contribution in [3.63, 3.8) is 0 Å². The zero-order valence-electron chi connectivity index (χ0n) is 13.6. The predicted molar refractivity (Wildman–Crippen MR) is 88.5 cm³/mol. The number of hydrogen-bond donors (Lipinski definition) is 4. The van der Waals surface area contributed by atoms with Gasteiger partial charge in [0.1, 0.15) is 5.75 Å². The molecule has 0 atom stereocenters. The molecule has 0 aliphatic rings. The van der Waals surface area contributed by atoms with Gasteiger partial charge in [-0.3, -0.25) is 25.2 Å². The third kappa shape index (κ3) is 8.74. The van der Waals surface area contributed by atoms with Crippen molar-refractivity contribution in [1.29, 1.82) is 0 Å². The molecule has 134 valence electrons. The van der Waals surface area contributed by atoms with E-state index in [0.717, 1.165) is 6.08 Å². The van der Waals surface area contributed by atoms with E-state index >= 15 is 0 Å². The van der Waals surface area contributed by atoms with E-state index < -0.39 is 17.8 Å². The lowest BCUT2D eigenvalue weighted by atomic mass is 10.2. The third-order valence-electron chi connectivity index (χ3n) is 2.73. The first-order chi connectivity index (χ1) is 11.9. The van der Waals surface area contributed by atoms with Crippen molar-refractivity contribution in [3.8, 4) is 5.75 Å². The fraction of sp³-hybridized carbons (Fsp3) is 0.250. The Labute approximate surface area is 144 Å². The van der Waals surface area contributed by atoms with Gasteiger partial charge in [-0.2, -0.15) is 0 Å². The normalized spacial score (nSPS) is 10.1. The maximum Gasteiger partial charge on any atom is 0.328 e. The minimum Gasteiger partial charge on any atom is -0.494 e. The van der Waals surface area contributed by atoms with Gasteiger partial charge in [-0.25, -0.2) is 4.79 Å². The van der Waals surface area contributed by atoms with Crippen molar-refractivity contribution >= 4 is 29.4 Å². The second kappa shape index (κ2) is 10.4. The Morgan fingerprint density at radius 3 is 2.24 bits per heavy atom. The summed E-state index contributed by atoms with van der Waals surface area (Å²) in [6.07, 6.45) is 1.15. The summed E-state index contributed by atoms with van der Waals surface area (Å²) < 4.78 is 5.28. The van der Waals surface area contributed by atoms with Crippen LogP contribution in [0.5, 0.6) is 5.75 Å². The number of benzene rings is 1. The van der Waals surface area contributed by atoms with E-state index in [1.54, 1.807) is 24.3 Å². The molecule has 1 rings (SSSR count). The SMILES string of the molecule is CCOc1ccc(NC(=O)CCC(=O)NNC(=O)C=CC(=O)O)cc1. The molecular formula is C16H19N3O6. The largest absolute Gasteiger partial charge is 0.494 e. The van der Waals surface area contributed by atoms with Crippen LogP contribution in [0.1, 0.15) is 19.8 Å². The number of carboxylic acid groups (broad SMARTS) is 1. The molecule has 9 nitrogen and oxygen atoms in total. The van der Waals surface area contributed by atoms with Gasteiger partial charge in [0.2, 0.25) is 11.8 Å². The molecule has 3 amide bonds. The number of amides is 3. The minimum absolute atomic E-state index is 0.0835. The summed E-state index contributed by atoms with van der Waals surface area (Å²) in [5, 5.41) is 11.0. The van der Waals surface area contributed by atoms with E-state index in [0.29, 0.717) is 24.1 Å². The number of hydrazine groups is 1. The van der Waals surface area contributed by atoms with Gasteiger partial charge in [0, 0.05) is 30.7 Å². The van der Waals surface area contributed by atoms with Crippen LogP contribution in [0.3, 0.4) is 0 Å². The highest BCUT2D eigenvalue weighted by Crippen LogP contribution is 2.15. The van der Waals surface area contributed by atoms with E-state index in [2.05, 4.69) is 10.7 Å². The van der Waals surface area contributed by atoms with Crippen LogP contribution in [0.4, 0.5) is 5.69 Å². The fourth-order valence-electron chi connectivity index (χ4n) is 1.63. The van der Waals surface area contributed by atoms with Gasteiger partial charge in [-0.15, -0.1) is 0 Å². The monoisotopic (exact) mass is 349 g/mol. The molecule has 0 aromatic heterocycles. The Morgan fingerprint density at radius 1 is 1.00 bits per heavy atom. The maximum absolute atomic E-state index is 11.8. The molecule has 0 fully saturated rings. The van der Waals surface area contributed by atoms with E-state index in [4.69, 9.17) is 9.84 Å². The Kier molecular flexibility index (Phi) is 8.21. The van der Waals surface area contributed by atoms with Crippen molar-refractivity contribution in [2.75, 3.05) is 11.9 Å². The summed E-state index contributed by atoms with van der Waals surface area (Å²) in [4.78, 5) is 44.6. The van der Waals surface area contributed by atoms with Crippen LogP contribution in [-0.4, -0.2) is 35.4 Å². The van der Waals surface area contributed by atoms with E-state index in [1.165, 1.54) is 0 Å². The van der Waals surface area contributed by atoms with Crippen molar-refractivity contribution in [3.05, 3.63) is 36.4 Å². The molecule has 0 bridgehead atoms. The number of nitrogens with one attached hydrogen (secondary N) is 3. The molecule has 0 heterocycles. The number of carbonyl (C=O) groups excluding carboxylic acids is 3. The average Bonchev–Trinajstić information content (AvgIpc) is 2.58. The van der Waals surface area contributed by atoms with Crippen molar-refractivity contribution in [2.45, 2.75) is 19.8 Å². The van der Waals surface area contributed by atoms with Crippen molar-refractivity contribution < 1.29 is 29.0 Å². The average molecular weight is 349 g/mol. The summed E-state index contributed by atoms with van der Waals surface area (Å²) in [7, 11) is 0. The van der Waals surface area contributed by atoms with Crippen LogP contribution in [0.2, 0.25) is 0 Å².